The van der Waals surface area contributed by atoms with Gasteiger partial charge >= 0.3 is 5.97 Å². The second-order valence-corrected chi connectivity index (χ2v) is 6.86. The summed E-state index contributed by atoms with van der Waals surface area (Å²) in [4.78, 5) is 26.0. The first kappa shape index (κ1) is 15.0. The number of benzene rings is 1. The number of amides is 1. The van der Waals surface area contributed by atoms with E-state index in [9.17, 15) is 9.59 Å². The summed E-state index contributed by atoms with van der Waals surface area (Å²) in [6.07, 6.45) is 0. The molecule has 1 aromatic rings. The number of hydrogen-bond donors (Lipinski definition) is 0. The molecule has 0 saturated heterocycles. The lowest BCUT2D eigenvalue weighted by Gasteiger charge is -2.27. The van der Waals surface area contributed by atoms with Crippen molar-refractivity contribution in [1.82, 2.24) is 4.90 Å². The molecule has 1 atom stereocenters. The third kappa shape index (κ3) is 3.03. The van der Waals surface area contributed by atoms with Gasteiger partial charge in [0.2, 0.25) is 0 Å². The monoisotopic (exact) mass is 339 g/mol. The average Bonchev–Trinajstić information content (AvgIpc) is 2.64. The van der Waals surface area contributed by atoms with Crippen molar-refractivity contribution in [3.63, 3.8) is 0 Å². The predicted octanol–water partition coefficient (Wildman–Crippen LogP) is 3.14. The molecule has 20 heavy (non-hydrogen) atoms. The van der Waals surface area contributed by atoms with Crippen LogP contribution in [0, 0.1) is 0 Å². The van der Waals surface area contributed by atoms with Gasteiger partial charge in [-0.05, 0) is 45.4 Å². The van der Waals surface area contributed by atoms with Gasteiger partial charge in [-0.25, -0.2) is 4.79 Å². The summed E-state index contributed by atoms with van der Waals surface area (Å²) in [5, 5.41) is 0. The molecule has 5 heteroatoms. The topological polar surface area (TPSA) is 46.6 Å². The Hall–Kier alpha value is -1.36. The molecule has 1 aliphatic heterocycles. The molecule has 1 unspecified atom stereocenters. The van der Waals surface area contributed by atoms with Crippen LogP contribution in [0.25, 0.3) is 0 Å². The minimum absolute atomic E-state index is 0.125. The van der Waals surface area contributed by atoms with E-state index in [-0.39, 0.29) is 11.9 Å². The molecule has 2 rings (SSSR count). The first-order valence-electron chi connectivity index (χ1n) is 6.51. The fourth-order valence-electron chi connectivity index (χ4n) is 2.12. The van der Waals surface area contributed by atoms with Crippen LogP contribution in [0.1, 0.15) is 43.6 Å². The Morgan fingerprint density at radius 1 is 1.40 bits per heavy atom. The lowest BCUT2D eigenvalue weighted by molar-refractivity contribution is -0.159. The van der Waals surface area contributed by atoms with E-state index in [0.717, 1.165) is 10.0 Å². The molecule has 0 fully saturated rings. The van der Waals surface area contributed by atoms with Gasteiger partial charge in [-0.15, -0.1) is 0 Å². The fraction of sp³-hybridized carbons (Fsp3) is 0.467. The van der Waals surface area contributed by atoms with Crippen molar-refractivity contribution < 1.29 is 14.3 Å². The van der Waals surface area contributed by atoms with Crippen LogP contribution in [0.15, 0.2) is 22.7 Å². The number of ether oxygens (including phenoxy) is 1. The summed E-state index contributed by atoms with van der Waals surface area (Å²) in [7, 11) is 0. The average molecular weight is 340 g/mol. The fourth-order valence-corrected chi connectivity index (χ4v) is 2.48. The second kappa shape index (κ2) is 5.20. The van der Waals surface area contributed by atoms with Gasteiger partial charge in [-0.1, -0.05) is 22.0 Å². The Morgan fingerprint density at radius 3 is 2.65 bits per heavy atom. The minimum Gasteiger partial charge on any atom is -0.458 e. The minimum atomic E-state index is -0.590. The molecule has 1 aromatic carbocycles. The molecule has 0 radical (unpaired) electrons. The number of nitrogens with zero attached hydrogens (tertiary/aromatic N) is 1. The third-order valence-corrected chi connectivity index (χ3v) is 3.61. The van der Waals surface area contributed by atoms with E-state index >= 15 is 0 Å². The summed E-state index contributed by atoms with van der Waals surface area (Å²) in [5.41, 5.74) is 1.03. The molecule has 0 aromatic heterocycles. The van der Waals surface area contributed by atoms with Crippen LogP contribution in [0.3, 0.4) is 0 Å². The standard InChI is InChI=1S/C15H18BrNO3/c1-9(14(19)20-15(2,3)4)17-8-10-5-6-11(16)7-12(10)13(17)18/h5-7,9H,8H2,1-4H3. The molecule has 1 heterocycles. The van der Waals surface area contributed by atoms with Crippen molar-refractivity contribution in [2.75, 3.05) is 0 Å². The highest BCUT2D eigenvalue weighted by Crippen LogP contribution is 2.28. The van der Waals surface area contributed by atoms with Gasteiger partial charge in [-0.3, -0.25) is 4.79 Å². The number of esters is 1. The highest BCUT2D eigenvalue weighted by molar-refractivity contribution is 9.10. The van der Waals surface area contributed by atoms with E-state index in [2.05, 4.69) is 15.9 Å². The van der Waals surface area contributed by atoms with Gasteiger partial charge in [0.15, 0.2) is 0 Å². The van der Waals surface area contributed by atoms with Gasteiger partial charge in [0.1, 0.15) is 11.6 Å². The molecular formula is C15H18BrNO3. The number of rotatable bonds is 2. The van der Waals surface area contributed by atoms with Crippen molar-refractivity contribution in [3.8, 4) is 0 Å². The Morgan fingerprint density at radius 2 is 2.05 bits per heavy atom. The Kier molecular flexibility index (Phi) is 3.91. The molecule has 4 nitrogen and oxygen atoms in total. The first-order chi connectivity index (χ1) is 9.19. The van der Waals surface area contributed by atoms with Gasteiger partial charge < -0.3 is 9.64 Å². The second-order valence-electron chi connectivity index (χ2n) is 5.94. The lowest BCUT2D eigenvalue weighted by atomic mass is 10.1. The van der Waals surface area contributed by atoms with E-state index in [4.69, 9.17) is 4.74 Å². The molecule has 0 bridgehead atoms. The SMILES string of the molecule is CC(C(=O)OC(C)(C)C)N1Cc2ccc(Br)cc2C1=O. The summed E-state index contributed by atoms with van der Waals surface area (Å²) >= 11 is 3.36. The van der Waals surface area contributed by atoms with Gasteiger partial charge in [-0.2, -0.15) is 0 Å². The molecule has 0 N–H and O–H groups in total. The zero-order chi connectivity index (χ0) is 15.1. The summed E-state index contributed by atoms with van der Waals surface area (Å²) in [5.74, 6) is -0.502. The van der Waals surface area contributed by atoms with Crippen LogP contribution in [0.4, 0.5) is 0 Å². The Labute approximate surface area is 127 Å². The van der Waals surface area contributed by atoms with Crippen LogP contribution >= 0.6 is 15.9 Å². The van der Waals surface area contributed by atoms with Gasteiger partial charge in [0, 0.05) is 16.6 Å². The van der Waals surface area contributed by atoms with Crippen LogP contribution in [0.2, 0.25) is 0 Å². The zero-order valence-corrected chi connectivity index (χ0v) is 13.7. The highest BCUT2D eigenvalue weighted by Gasteiger charge is 2.35. The van der Waals surface area contributed by atoms with Crippen molar-refractivity contribution in [1.29, 1.82) is 0 Å². The molecule has 0 aliphatic carbocycles. The number of halogens is 1. The normalized spacial score (nSPS) is 16.1. The van der Waals surface area contributed by atoms with Crippen molar-refractivity contribution in [2.24, 2.45) is 0 Å². The van der Waals surface area contributed by atoms with Crippen LogP contribution < -0.4 is 0 Å². The third-order valence-electron chi connectivity index (χ3n) is 3.12. The van der Waals surface area contributed by atoms with E-state index in [1.807, 2.05) is 32.9 Å². The largest absolute Gasteiger partial charge is 0.458 e. The number of carbonyl (C=O) groups is 2. The highest BCUT2D eigenvalue weighted by atomic mass is 79.9. The van der Waals surface area contributed by atoms with Crippen molar-refractivity contribution in [2.45, 2.75) is 45.9 Å². The van der Waals surface area contributed by atoms with Crippen molar-refractivity contribution >= 4 is 27.8 Å². The number of hydrogen-bond acceptors (Lipinski definition) is 3. The Bertz CT molecular complexity index is 563. The zero-order valence-electron chi connectivity index (χ0n) is 12.1. The molecule has 1 aliphatic rings. The smallest absolute Gasteiger partial charge is 0.329 e. The summed E-state index contributed by atoms with van der Waals surface area (Å²) in [6, 6.07) is 5.00. The molecule has 1 amide bonds. The van der Waals surface area contributed by atoms with E-state index in [0.29, 0.717) is 12.1 Å². The maximum Gasteiger partial charge on any atom is 0.329 e. The van der Waals surface area contributed by atoms with Gasteiger partial charge in [0.05, 0.1) is 0 Å². The summed E-state index contributed by atoms with van der Waals surface area (Å²) in [6.45, 7) is 7.59. The molecule has 0 saturated carbocycles. The Balaban J connectivity index is 2.17. The lowest BCUT2D eigenvalue weighted by Crippen LogP contribution is -2.42. The number of fused-ring (bicyclic) bond motifs is 1. The quantitative estimate of drug-likeness (QED) is 0.777. The van der Waals surface area contributed by atoms with Crippen LogP contribution in [0.5, 0.6) is 0 Å². The van der Waals surface area contributed by atoms with E-state index < -0.39 is 11.6 Å². The summed E-state index contributed by atoms with van der Waals surface area (Å²) < 4.78 is 6.20. The maximum atomic E-state index is 12.4. The maximum absolute atomic E-state index is 12.4. The van der Waals surface area contributed by atoms with Crippen LogP contribution in [-0.2, 0) is 16.1 Å². The van der Waals surface area contributed by atoms with E-state index in [1.165, 1.54) is 0 Å². The van der Waals surface area contributed by atoms with Crippen LogP contribution in [-0.4, -0.2) is 28.4 Å². The van der Waals surface area contributed by atoms with Gasteiger partial charge in [0.25, 0.3) is 5.91 Å². The molecule has 0 spiro atoms. The first-order valence-corrected chi connectivity index (χ1v) is 7.30. The predicted molar refractivity (Wildman–Crippen MR) is 79.3 cm³/mol. The molecule has 108 valence electrons. The van der Waals surface area contributed by atoms with E-state index in [1.54, 1.807) is 17.9 Å². The van der Waals surface area contributed by atoms with Crippen molar-refractivity contribution in [3.05, 3.63) is 33.8 Å². The number of carbonyl (C=O) groups excluding carboxylic acids is 2. The molecular weight excluding hydrogens is 322 g/mol.